The van der Waals surface area contributed by atoms with E-state index in [1.165, 1.54) is 35.9 Å². The number of halogens is 1. The molecule has 2 heterocycles. The van der Waals surface area contributed by atoms with Gasteiger partial charge in [-0.25, -0.2) is 0 Å². The first-order chi connectivity index (χ1) is 11.2. The molecule has 2 aromatic heterocycles. The van der Waals surface area contributed by atoms with E-state index in [0.29, 0.717) is 22.4 Å². The number of carbonyl (C=O) groups excluding carboxylic acids is 1. The third-order valence-electron chi connectivity index (χ3n) is 3.39. The fourth-order valence-corrected chi connectivity index (χ4v) is 3.96. The Morgan fingerprint density at radius 3 is 3.09 bits per heavy atom. The standard InChI is InChI=1S/C15H12ClN3O2S2/c16-9-1-4-12-8(5-9)6-13(21-12)11(20)7-22-15-19-18-14(23-15)17-10-2-3-10/h1,4-6,10H,2-3,7H2,(H,17,18). The maximum absolute atomic E-state index is 12.3. The number of carbonyl (C=O) groups is 1. The molecule has 0 bridgehead atoms. The molecule has 4 rings (SSSR count). The number of thioether (sulfide) groups is 1. The first-order valence-corrected chi connectivity index (χ1v) is 9.30. The minimum Gasteiger partial charge on any atom is -0.453 e. The van der Waals surface area contributed by atoms with E-state index in [1.807, 2.05) is 0 Å². The van der Waals surface area contributed by atoms with Crippen LogP contribution in [0.2, 0.25) is 5.02 Å². The highest BCUT2D eigenvalue weighted by Crippen LogP contribution is 2.31. The zero-order valence-electron chi connectivity index (χ0n) is 11.9. The van der Waals surface area contributed by atoms with Crippen molar-refractivity contribution in [2.45, 2.75) is 23.2 Å². The van der Waals surface area contributed by atoms with Gasteiger partial charge in [0.15, 0.2) is 10.1 Å². The van der Waals surface area contributed by atoms with Crippen LogP contribution < -0.4 is 5.32 Å². The zero-order chi connectivity index (χ0) is 15.8. The predicted molar refractivity (Wildman–Crippen MR) is 92.8 cm³/mol. The first-order valence-electron chi connectivity index (χ1n) is 7.12. The van der Waals surface area contributed by atoms with E-state index in [2.05, 4.69) is 15.5 Å². The van der Waals surface area contributed by atoms with Crippen molar-refractivity contribution in [3.63, 3.8) is 0 Å². The number of rotatable bonds is 6. The highest BCUT2D eigenvalue weighted by Gasteiger charge is 2.22. The molecule has 1 fully saturated rings. The van der Waals surface area contributed by atoms with Gasteiger partial charge in [-0.3, -0.25) is 4.79 Å². The van der Waals surface area contributed by atoms with Gasteiger partial charge in [0.25, 0.3) is 0 Å². The van der Waals surface area contributed by atoms with E-state index in [9.17, 15) is 4.79 Å². The number of nitrogens with zero attached hydrogens (tertiary/aromatic N) is 2. The van der Waals surface area contributed by atoms with Crippen LogP contribution in [0.15, 0.2) is 33.0 Å². The Hall–Kier alpha value is -1.57. The number of hydrogen-bond donors (Lipinski definition) is 1. The Morgan fingerprint density at radius 2 is 2.26 bits per heavy atom. The summed E-state index contributed by atoms with van der Waals surface area (Å²) in [5.41, 5.74) is 0.662. The number of anilines is 1. The number of benzene rings is 1. The minimum absolute atomic E-state index is 0.0748. The predicted octanol–water partition coefficient (Wildman–Crippen LogP) is 4.49. The monoisotopic (exact) mass is 365 g/mol. The molecule has 3 aromatic rings. The second kappa shape index (κ2) is 6.14. The Kier molecular flexibility index (Phi) is 4.00. The van der Waals surface area contributed by atoms with Crippen LogP contribution in [-0.2, 0) is 0 Å². The van der Waals surface area contributed by atoms with Gasteiger partial charge in [-0.1, -0.05) is 34.7 Å². The summed E-state index contributed by atoms with van der Waals surface area (Å²) >= 11 is 8.79. The van der Waals surface area contributed by atoms with Crippen LogP contribution in [0, 0.1) is 0 Å². The number of aromatic nitrogens is 2. The summed E-state index contributed by atoms with van der Waals surface area (Å²) in [5, 5.41) is 13.7. The van der Waals surface area contributed by atoms with E-state index >= 15 is 0 Å². The van der Waals surface area contributed by atoms with E-state index in [-0.39, 0.29) is 11.5 Å². The van der Waals surface area contributed by atoms with E-state index in [1.54, 1.807) is 24.3 Å². The number of furan rings is 1. The molecule has 0 amide bonds. The first kappa shape index (κ1) is 15.0. The smallest absolute Gasteiger partial charge is 0.208 e. The normalized spacial score (nSPS) is 14.3. The van der Waals surface area contributed by atoms with Crippen molar-refractivity contribution in [3.8, 4) is 0 Å². The van der Waals surface area contributed by atoms with E-state index in [0.717, 1.165) is 14.9 Å². The Balaban J connectivity index is 1.41. The molecule has 1 N–H and O–H groups in total. The van der Waals surface area contributed by atoms with E-state index < -0.39 is 0 Å². The number of ketones is 1. The number of hydrogen-bond acceptors (Lipinski definition) is 7. The van der Waals surface area contributed by atoms with Gasteiger partial charge < -0.3 is 9.73 Å². The maximum atomic E-state index is 12.3. The second-order valence-corrected chi connectivity index (χ2v) is 7.93. The lowest BCUT2D eigenvalue weighted by Gasteiger charge is -1.95. The second-order valence-electron chi connectivity index (χ2n) is 5.30. The Bertz CT molecular complexity index is 873. The molecule has 8 heteroatoms. The van der Waals surface area contributed by atoms with Crippen LogP contribution in [0.25, 0.3) is 11.0 Å². The molecule has 23 heavy (non-hydrogen) atoms. The molecule has 0 radical (unpaired) electrons. The van der Waals surface area contributed by atoms with Crippen molar-refractivity contribution in [1.29, 1.82) is 0 Å². The summed E-state index contributed by atoms with van der Waals surface area (Å²) in [6, 6.07) is 7.56. The number of Topliss-reactive ketones (excluding diaryl/α,β-unsaturated/α-hetero) is 1. The van der Waals surface area contributed by atoms with Crippen LogP contribution in [-0.4, -0.2) is 27.8 Å². The number of nitrogens with one attached hydrogen (secondary N) is 1. The van der Waals surface area contributed by atoms with Crippen molar-refractivity contribution in [2.24, 2.45) is 0 Å². The quantitative estimate of drug-likeness (QED) is 0.513. The molecule has 0 aliphatic heterocycles. The van der Waals surface area contributed by atoms with Gasteiger partial charge in [-0.05, 0) is 37.1 Å². The lowest BCUT2D eigenvalue weighted by molar-refractivity contribution is 0.0994. The lowest BCUT2D eigenvalue weighted by atomic mass is 10.2. The van der Waals surface area contributed by atoms with Crippen molar-refractivity contribution in [1.82, 2.24) is 10.2 Å². The largest absolute Gasteiger partial charge is 0.453 e. The summed E-state index contributed by atoms with van der Waals surface area (Å²) < 4.78 is 6.35. The molecule has 0 saturated heterocycles. The van der Waals surface area contributed by atoms with Gasteiger partial charge in [0.1, 0.15) is 5.58 Å². The van der Waals surface area contributed by atoms with Crippen LogP contribution in [0.5, 0.6) is 0 Å². The Morgan fingerprint density at radius 1 is 1.39 bits per heavy atom. The molecule has 1 saturated carbocycles. The van der Waals surface area contributed by atoms with Crippen molar-refractivity contribution in [2.75, 3.05) is 11.1 Å². The molecule has 1 aliphatic rings. The summed E-state index contributed by atoms with van der Waals surface area (Å²) in [7, 11) is 0. The van der Waals surface area contributed by atoms with Gasteiger partial charge >= 0.3 is 0 Å². The fraction of sp³-hybridized carbons (Fsp3) is 0.267. The third-order valence-corrected chi connectivity index (χ3v) is 5.61. The van der Waals surface area contributed by atoms with Crippen LogP contribution in [0.3, 0.4) is 0 Å². The summed E-state index contributed by atoms with van der Waals surface area (Å²) in [5.74, 6) is 0.538. The molecular formula is C15H12ClN3O2S2. The fourth-order valence-electron chi connectivity index (χ4n) is 2.08. The highest BCUT2D eigenvalue weighted by atomic mass is 35.5. The zero-order valence-corrected chi connectivity index (χ0v) is 14.3. The molecule has 0 unspecified atom stereocenters. The van der Waals surface area contributed by atoms with Gasteiger partial charge in [-0.2, -0.15) is 0 Å². The molecule has 1 aliphatic carbocycles. The molecule has 0 atom stereocenters. The average Bonchev–Trinajstić information content (AvgIpc) is 3.07. The lowest BCUT2D eigenvalue weighted by Crippen LogP contribution is -2.00. The minimum atomic E-state index is -0.0748. The topological polar surface area (TPSA) is 68.0 Å². The highest BCUT2D eigenvalue weighted by molar-refractivity contribution is 8.01. The van der Waals surface area contributed by atoms with Crippen LogP contribution >= 0.6 is 34.7 Å². The molecular weight excluding hydrogens is 354 g/mol. The summed E-state index contributed by atoms with van der Waals surface area (Å²) in [6.45, 7) is 0. The van der Waals surface area contributed by atoms with Gasteiger partial charge in [0.05, 0.1) is 5.75 Å². The maximum Gasteiger partial charge on any atom is 0.208 e. The SMILES string of the molecule is O=C(CSc1nnc(NC2CC2)s1)c1cc2cc(Cl)ccc2o1. The van der Waals surface area contributed by atoms with Crippen LogP contribution in [0.1, 0.15) is 23.4 Å². The van der Waals surface area contributed by atoms with Gasteiger partial charge in [0, 0.05) is 16.5 Å². The van der Waals surface area contributed by atoms with Crippen LogP contribution in [0.4, 0.5) is 5.13 Å². The summed E-state index contributed by atoms with van der Waals surface area (Å²) in [6.07, 6.45) is 2.38. The molecule has 118 valence electrons. The van der Waals surface area contributed by atoms with Crippen molar-refractivity contribution >= 4 is 56.6 Å². The van der Waals surface area contributed by atoms with E-state index in [4.69, 9.17) is 16.0 Å². The van der Waals surface area contributed by atoms with Crippen molar-refractivity contribution in [3.05, 3.63) is 35.0 Å². The summed E-state index contributed by atoms with van der Waals surface area (Å²) in [4.78, 5) is 12.3. The molecule has 5 nitrogen and oxygen atoms in total. The van der Waals surface area contributed by atoms with Gasteiger partial charge in [-0.15, -0.1) is 10.2 Å². The average molecular weight is 366 g/mol. The molecule has 1 aromatic carbocycles. The molecule has 0 spiro atoms. The number of fused-ring (bicyclic) bond motifs is 1. The van der Waals surface area contributed by atoms with Gasteiger partial charge in [0.2, 0.25) is 10.9 Å². The van der Waals surface area contributed by atoms with Crippen molar-refractivity contribution < 1.29 is 9.21 Å². The third kappa shape index (κ3) is 3.52. The Labute approximate surface area is 145 Å².